The second-order valence-electron chi connectivity index (χ2n) is 5.16. The fourth-order valence-electron chi connectivity index (χ4n) is 2.16. The van der Waals surface area contributed by atoms with Crippen LogP contribution < -0.4 is 5.43 Å². The molecule has 3 aromatic rings. The highest BCUT2D eigenvalue weighted by atomic mass is 79.9. The number of nitrogens with zero attached hydrogens (tertiary/aromatic N) is 3. The number of anilines is 1. The number of halogens is 1. The van der Waals surface area contributed by atoms with E-state index in [0.717, 1.165) is 21.4 Å². The number of phenols is 1. The van der Waals surface area contributed by atoms with Gasteiger partial charge in [-0.05, 0) is 31.2 Å². The number of phenolic OH excluding ortho intramolecular Hbond substituents is 1. The van der Waals surface area contributed by atoms with Crippen LogP contribution in [0.5, 0.6) is 5.75 Å². The summed E-state index contributed by atoms with van der Waals surface area (Å²) in [6.45, 7) is 1.91. The zero-order chi connectivity index (χ0) is 16.9. The van der Waals surface area contributed by atoms with Crippen LogP contribution in [0.3, 0.4) is 0 Å². The summed E-state index contributed by atoms with van der Waals surface area (Å²) in [4.78, 5) is 8.79. The van der Waals surface area contributed by atoms with Crippen LogP contribution in [0.4, 0.5) is 5.95 Å². The van der Waals surface area contributed by atoms with Gasteiger partial charge in [0.2, 0.25) is 5.95 Å². The van der Waals surface area contributed by atoms with Crippen molar-refractivity contribution >= 4 is 28.1 Å². The fraction of sp³-hybridized carbons (Fsp3) is 0.0556. The topological polar surface area (TPSA) is 70.4 Å². The van der Waals surface area contributed by atoms with Crippen molar-refractivity contribution in [3.8, 4) is 17.0 Å². The molecule has 1 aromatic heterocycles. The zero-order valence-corrected chi connectivity index (χ0v) is 14.5. The second kappa shape index (κ2) is 7.23. The minimum Gasteiger partial charge on any atom is -0.507 e. The van der Waals surface area contributed by atoms with E-state index in [9.17, 15) is 5.11 Å². The molecule has 6 heteroatoms. The fourth-order valence-corrected chi connectivity index (χ4v) is 2.54. The van der Waals surface area contributed by atoms with Crippen LogP contribution in [0.25, 0.3) is 11.3 Å². The molecule has 1 heterocycles. The molecule has 24 heavy (non-hydrogen) atoms. The van der Waals surface area contributed by atoms with Crippen LogP contribution in [0.2, 0.25) is 0 Å². The number of hydrogen-bond acceptors (Lipinski definition) is 5. The molecule has 0 atom stereocenters. The molecule has 0 spiro atoms. The Balaban J connectivity index is 1.82. The minimum absolute atomic E-state index is 0.152. The lowest BCUT2D eigenvalue weighted by molar-refractivity contribution is 0.474. The monoisotopic (exact) mass is 382 g/mol. The molecule has 2 aromatic carbocycles. The smallest absolute Gasteiger partial charge is 0.244 e. The lowest BCUT2D eigenvalue weighted by Crippen LogP contribution is -2.00. The highest BCUT2D eigenvalue weighted by molar-refractivity contribution is 9.10. The van der Waals surface area contributed by atoms with Crippen molar-refractivity contribution in [2.24, 2.45) is 5.10 Å². The van der Waals surface area contributed by atoms with Crippen molar-refractivity contribution in [2.45, 2.75) is 6.92 Å². The van der Waals surface area contributed by atoms with Gasteiger partial charge < -0.3 is 5.11 Å². The van der Waals surface area contributed by atoms with Gasteiger partial charge in [-0.2, -0.15) is 5.10 Å². The molecule has 0 radical (unpaired) electrons. The molecule has 0 aliphatic rings. The number of aryl methyl sites for hydroxylation is 1. The summed E-state index contributed by atoms with van der Waals surface area (Å²) in [5.74, 6) is 0.554. The first-order valence-electron chi connectivity index (χ1n) is 7.30. The van der Waals surface area contributed by atoms with E-state index in [1.807, 2.05) is 43.3 Å². The summed E-state index contributed by atoms with van der Waals surface area (Å²) in [5.41, 5.74) is 6.08. The van der Waals surface area contributed by atoms with Gasteiger partial charge in [0.25, 0.3) is 0 Å². The Morgan fingerprint density at radius 1 is 1.08 bits per heavy atom. The van der Waals surface area contributed by atoms with Crippen molar-refractivity contribution in [2.75, 3.05) is 5.43 Å². The van der Waals surface area contributed by atoms with Gasteiger partial charge >= 0.3 is 0 Å². The summed E-state index contributed by atoms with van der Waals surface area (Å²) in [6.07, 6.45) is 1.52. The molecular formula is C18H15BrN4O. The van der Waals surface area contributed by atoms with E-state index >= 15 is 0 Å². The van der Waals surface area contributed by atoms with Crippen LogP contribution in [-0.4, -0.2) is 21.3 Å². The summed E-state index contributed by atoms with van der Waals surface area (Å²) in [5, 5.41) is 13.9. The molecule has 0 saturated heterocycles. The van der Waals surface area contributed by atoms with Gasteiger partial charge in [-0.15, -0.1) is 0 Å². The Labute approximate surface area is 148 Å². The van der Waals surface area contributed by atoms with E-state index in [0.29, 0.717) is 11.5 Å². The maximum atomic E-state index is 9.80. The molecule has 0 fully saturated rings. The van der Waals surface area contributed by atoms with Crippen molar-refractivity contribution in [1.82, 2.24) is 9.97 Å². The highest BCUT2D eigenvalue weighted by Crippen LogP contribution is 2.21. The van der Waals surface area contributed by atoms with Crippen molar-refractivity contribution in [3.05, 3.63) is 70.3 Å². The third-order valence-electron chi connectivity index (χ3n) is 3.28. The molecule has 0 bridgehead atoms. The molecule has 0 aliphatic carbocycles. The Kier molecular flexibility index (Phi) is 4.86. The predicted octanol–water partition coefficient (Wildman–Crippen LogP) is 4.37. The quantitative estimate of drug-likeness (QED) is 0.519. The number of aromatic hydroxyl groups is 1. The van der Waals surface area contributed by atoms with Crippen molar-refractivity contribution in [1.29, 1.82) is 0 Å². The summed E-state index contributed by atoms with van der Waals surface area (Å²) in [7, 11) is 0. The maximum Gasteiger partial charge on any atom is 0.244 e. The standard InChI is InChI=1S/C18H15BrN4O/c1-12-9-16(13-5-3-2-4-6-13)22-18(21-12)23-20-11-14-10-15(19)7-8-17(14)24/h2-11,24H,1H3,(H,21,22,23)/b20-11+. The van der Waals surface area contributed by atoms with E-state index < -0.39 is 0 Å². The molecule has 3 rings (SSSR count). The van der Waals surface area contributed by atoms with Crippen molar-refractivity contribution < 1.29 is 5.11 Å². The Morgan fingerprint density at radius 3 is 2.67 bits per heavy atom. The molecule has 0 amide bonds. The number of hydrogen-bond donors (Lipinski definition) is 2. The van der Waals surface area contributed by atoms with Crippen molar-refractivity contribution in [3.63, 3.8) is 0 Å². The number of nitrogens with one attached hydrogen (secondary N) is 1. The van der Waals surface area contributed by atoms with E-state index in [1.165, 1.54) is 6.21 Å². The van der Waals surface area contributed by atoms with E-state index in [4.69, 9.17) is 0 Å². The Morgan fingerprint density at radius 2 is 1.88 bits per heavy atom. The number of rotatable bonds is 4. The lowest BCUT2D eigenvalue weighted by atomic mass is 10.1. The average Bonchev–Trinajstić information content (AvgIpc) is 2.58. The minimum atomic E-state index is 0.152. The van der Waals surface area contributed by atoms with Crippen LogP contribution in [0.1, 0.15) is 11.3 Å². The van der Waals surface area contributed by atoms with E-state index in [1.54, 1.807) is 18.2 Å². The van der Waals surface area contributed by atoms with Crippen LogP contribution in [0, 0.1) is 6.92 Å². The SMILES string of the molecule is Cc1cc(-c2ccccc2)nc(N/N=C/c2cc(Br)ccc2O)n1. The molecule has 120 valence electrons. The van der Waals surface area contributed by atoms with Crippen LogP contribution >= 0.6 is 15.9 Å². The molecule has 0 saturated carbocycles. The largest absolute Gasteiger partial charge is 0.507 e. The first-order chi connectivity index (χ1) is 11.6. The van der Waals surface area contributed by atoms with Gasteiger partial charge in [0.1, 0.15) is 5.75 Å². The van der Waals surface area contributed by atoms with Gasteiger partial charge in [0, 0.05) is 21.3 Å². The second-order valence-corrected chi connectivity index (χ2v) is 6.07. The predicted molar refractivity (Wildman–Crippen MR) is 99.2 cm³/mol. The van der Waals surface area contributed by atoms with E-state index in [-0.39, 0.29) is 5.75 Å². The Bertz CT molecular complexity index is 881. The van der Waals surface area contributed by atoms with Gasteiger partial charge in [-0.3, -0.25) is 0 Å². The molecule has 0 aliphatic heterocycles. The van der Waals surface area contributed by atoms with Crippen LogP contribution in [-0.2, 0) is 0 Å². The van der Waals surface area contributed by atoms with Gasteiger partial charge in [0.15, 0.2) is 0 Å². The van der Waals surface area contributed by atoms with Gasteiger partial charge in [-0.1, -0.05) is 46.3 Å². The zero-order valence-electron chi connectivity index (χ0n) is 12.9. The van der Waals surface area contributed by atoms with E-state index in [2.05, 4.69) is 36.4 Å². The van der Waals surface area contributed by atoms with Gasteiger partial charge in [0.05, 0.1) is 11.9 Å². The van der Waals surface area contributed by atoms with Crippen LogP contribution in [0.15, 0.2) is 64.2 Å². The normalized spacial score (nSPS) is 10.9. The number of aromatic nitrogens is 2. The summed E-state index contributed by atoms with van der Waals surface area (Å²) < 4.78 is 0.861. The first kappa shape index (κ1) is 16.1. The first-order valence-corrected chi connectivity index (χ1v) is 8.10. The van der Waals surface area contributed by atoms with Gasteiger partial charge in [-0.25, -0.2) is 15.4 Å². The molecule has 5 nitrogen and oxygen atoms in total. The lowest BCUT2D eigenvalue weighted by Gasteiger charge is -2.05. The molecule has 0 unspecified atom stereocenters. The number of benzene rings is 2. The maximum absolute atomic E-state index is 9.80. The summed E-state index contributed by atoms with van der Waals surface area (Å²) in [6, 6.07) is 16.9. The average molecular weight is 383 g/mol. The third-order valence-corrected chi connectivity index (χ3v) is 3.77. The molecule has 2 N–H and O–H groups in total. The number of hydrazone groups is 1. The Hall–Kier alpha value is -2.73. The third kappa shape index (κ3) is 3.97. The summed E-state index contributed by atoms with van der Waals surface area (Å²) >= 11 is 3.36. The molecular weight excluding hydrogens is 368 g/mol. The highest BCUT2D eigenvalue weighted by Gasteiger charge is 2.04.